The molecular weight excluding hydrogens is 314 g/mol. The van der Waals surface area contributed by atoms with Gasteiger partial charge in [-0.05, 0) is 31.0 Å². The van der Waals surface area contributed by atoms with Crippen molar-refractivity contribution in [1.29, 1.82) is 0 Å². The van der Waals surface area contributed by atoms with E-state index in [0.717, 1.165) is 4.90 Å². The van der Waals surface area contributed by atoms with Gasteiger partial charge < -0.3 is 0 Å². The molecule has 7 heteroatoms. The second-order valence-electron chi connectivity index (χ2n) is 4.80. The molecule has 0 bridgehead atoms. The Balaban J connectivity index is 2.08. The molecule has 1 saturated carbocycles. The van der Waals surface area contributed by atoms with Crippen molar-refractivity contribution in [2.24, 2.45) is 0 Å². The average Bonchev–Trinajstić information content (AvgIpc) is 3.09. The van der Waals surface area contributed by atoms with Crippen LogP contribution in [0.3, 0.4) is 0 Å². The first-order valence-corrected chi connectivity index (χ1v) is 6.81. The third kappa shape index (κ3) is 4.36. The lowest BCUT2D eigenvalue weighted by Crippen LogP contribution is -2.39. The van der Waals surface area contributed by atoms with E-state index in [4.69, 9.17) is 23.2 Å². The molecular formula is C13H12Cl2F3NO. The van der Waals surface area contributed by atoms with Crippen LogP contribution >= 0.6 is 23.2 Å². The maximum atomic E-state index is 12.5. The smallest absolute Gasteiger partial charge is 0.293 e. The van der Waals surface area contributed by atoms with E-state index in [1.807, 2.05) is 0 Å². The van der Waals surface area contributed by atoms with Gasteiger partial charge in [-0.1, -0.05) is 23.2 Å². The van der Waals surface area contributed by atoms with Gasteiger partial charge in [-0.3, -0.25) is 9.69 Å². The van der Waals surface area contributed by atoms with E-state index in [9.17, 15) is 18.0 Å². The number of alkyl halides is 3. The summed E-state index contributed by atoms with van der Waals surface area (Å²) in [6.45, 7) is -1.36. The first-order chi connectivity index (χ1) is 9.26. The first kappa shape index (κ1) is 15.6. The zero-order chi connectivity index (χ0) is 14.9. The van der Waals surface area contributed by atoms with Gasteiger partial charge in [-0.2, -0.15) is 13.2 Å². The first-order valence-electron chi connectivity index (χ1n) is 6.05. The number of Topliss-reactive ketones (excluding diaryl/α,β-unsaturated/α-hetero) is 1. The van der Waals surface area contributed by atoms with Crippen LogP contribution in [0.25, 0.3) is 0 Å². The van der Waals surface area contributed by atoms with Gasteiger partial charge in [0.2, 0.25) is 0 Å². The fraction of sp³-hybridized carbons (Fsp3) is 0.462. The van der Waals surface area contributed by atoms with Crippen molar-refractivity contribution >= 4 is 29.0 Å². The van der Waals surface area contributed by atoms with E-state index >= 15 is 0 Å². The quantitative estimate of drug-likeness (QED) is 0.756. The molecule has 0 spiro atoms. The zero-order valence-electron chi connectivity index (χ0n) is 10.4. The van der Waals surface area contributed by atoms with E-state index in [-0.39, 0.29) is 23.2 Å². The summed E-state index contributed by atoms with van der Waals surface area (Å²) in [5.74, 6) is -0.428. The van der Waals surface area contributed by atoms with Crippen molar-refractivity contribution in [3.8, 4) is 0 Å². The summed E-state index contributed by atoms with van der Waals surface area (Å²) in [7, 11) is 0. The van der Waals surface area contributed by atoms with Crippen LogP contribution in [0.15, 0.2) is 18.2 Å². The Morgan fingerprint density at radius 2 is 1.95 bits per heavy atom. The number of ketones is 1. The molecule has 2 nitrogen and oxygen atoms in total. The number of hydrogen-bond acceptors (Lipinski definition) is 2. The molecule has 110 valence electrons. The van der Waals surface area contributed by atoms with Crippen molar-refractivity contribution in [1.82, 2.24) is 4.90 Å². The van der Waals surface area contributed by atoms with Crippen LogP contribution in [0.5, 0.6) is 0 Å². The highest BCUT2D eigenvalue weighted by molar-refractivity contribution is 6.36. The molecule has 0 heterocycles. The molecule has 20 heavy (non-hydrogen) atoms. The number of hydrogen-bond donors (Lipinski definition) is 0. The summed E-state index contributed by atoms with van der Waals surface area (Å²) in [6.07, 6.45) is -2.93. The second kappa shape index (κ2) is 5.92. The topological polar surface area (TPSA) is 20.3 Å². The van der Waals surface area contributed by atoms with Gasteiger partial charge >= 0.3 is 6.18 Å². The molecule has 2 rings (SSSR count). The Kier molecular flexibility index (Phi) is 4.62. The number of rotatable bonds is 5. The molecule has 0 atom stereocenters. The minimum Gasteiger partial charge on any atom is -0.293 e. The van der Waals surface area contributed by atoms with E-state index in [1.165, 1.54) is 18.2 Å². The van der Waals surface area contributed by atoms with E-state index < -0.39 is 18.5 Å². The van der Waals surface area contributed by atoms with Crippen molar-refractivity contribution in [2.45, 2.75) is 25.1 Å². The lowest BCUT2D eigenvalue weighted by molar-refractivity contribution is -0.145. The third-order valence-electron chi connectivity index (χ3n) is 3.02. The normalized spacial score (nSPS) is 15.7. The molecule has 1 aliphatic carbocycles. The van der Waals surface area contributed by atoms with E-state index in [2.05, 4.69) is 0 Å². The summed E-state index contributed by atoms with van der Waals surface area (Å²) in [5.41, 5.74) is 0.198. The third-order valence-corrected chi connectivity index (χ3v) is 3.57. The number of carbonyl (C=O) groups excluding carboxylic acids is 1. The number of carbonyl (C=O) groups is 1. The fourth-order valence-electron chi connectivity index (χ4n) is 1.97. The van der Waals surface area contributed by atoms with Crippen LogP contribution in [0.2, 0.25) is 10.0 Å². The van der Waals surface area contributed by atoms with Gasteiger partial charge in [0, 0.05) is 16.6 Å². The Morgan fingerprint density at radius 3 is 2.45 bits per heavy atom. The summed E-state index contributed by atoms with van der Waals surface area (Å²) in [6, 6.07) is 4.17. The van der Waals surface area contributed by atoms with E-state index in [1.54, 1.807) is 0 Å². The number of benzene rings is 1. The van der Waals surface area contributed by atoms with Crippen molar-refractivity contribution < 1.29 is 18.0 Å². The van der Waals surface area contributed by atoms with Gasteiger partial charge in [0.15, 0.2) is 5.78 Å². The maximum absolute atomic E-state index is 12.5. The Morgan fingerprint density at radius 1 is 1.30 bits per heavy atom. The lowest BCUT2D eigenvalue weighted by Gasteiger charge is -2.22. The lowest BCUT2D eigenvalue weighted by atomic mass is 10.1. The molecule has 1 fully saturated rings. The molecule has 0 saturated heterocycles. The summed E-state index contributed by atoms with van der Waals surface area (Å²) in [5, 5.41) is 0.533. The van der Waals surface area contributed by atoms with Gasteiger partial charge in [-0.25, -0.2) is 0 Å². The van der Waals surface area contributed by atoms with Crippen LogP contribution in [-0.2, 0) is 0 Å². The highest BCUT2D eigenvalue weighted by Crippen LogP contribution is 2.30. The number of nitrogens with zero attached hydrogens (tertiary/aromatic N) is 1. The van der Waals surface area contributed by atoms with E-state index in [0.29, 0.717) is 17.9 Å². The summed E-state index contributed by atoms with van der Waals surface area (Å²) in [4.78, 5) is 13.2. The molecule has 0 N–H and O–H groups in total. The van der Waals surface area contributed by atoms with Gasteiger partial charge in [0.25, 0.3) is 0 Å². The number of halogens is 5. The monoisotopic (exact) mass is 325 g/mol. The summed E-state index contributed by atoms with van der Waals surface area (Å²) >= 11 is 11.6. The minimum atomic E-state index is -4.31. The van der Waals surface area contributed by atoms with Gasteiger partial charge in [-0.15, -0.1) is 0 Å². The van der Waals surface area contributed by atoms with Crippen LogP contribution in [0, 0.1) is 0 Å². The van der Waals surface area contributed by atoms with Crippen molar-refractivity contribution in [3.05, 3.63) is 33.8 Å². The Hall–Kier alpha value is -0.780. The molecule has 1 aromatic rings. The Labute approximate surface area is 124 Å². The molecule has 0 amide bonds. The standard InChI is InChI=1S/C13H12Cl2F3NO/c14-8-1-4-10(11(15)5-8)12(20)6-19(9-2-3-9)7-13(16,17)18/h1,4-5,9H,2-3,6-7H2. The second-order valence-corrected chi connectivity index (χ2v) is 5.64. The summed E-state index contributed by atoms with van der Waals surface area (Å²) < 4.78 is 37.4. The van der Waals surface area contributed by atoms with Crippen molar-refractivity contribution in [2.75, 3.05) is 13.1 Å². The predicted molar refractivity (Wildman–Crippen MR) is 71.4 cm³/mol. The molecule has 0 aromatic heterocycles. The van der Waals surface area contributed by atoms with Gasteiger partial charge in [0.05, 0.1) is 18.1 Å². The van der Waals surface area contributed by atoms with Crippen LogP contribution in [0.4, 0.5) is 13.2 Å². The van der Waals surface area contributed by atoms with Crippen molar-refractivity contribution in [3.63, 3.8) is 0 Å². The maximum Gasteiger partial charge on any atom is 0.401 e. The highest BCUT2D eigenvalue weighted by Gasteiger charge is 2.38. The van der Waals surface area contributed by atoms with Crippen LogP contribution in [0.1, 0.15) is 23.2 Å². The predicted octanol–water partition coefficient (Wildman–Crippen LogP) is 4.20. The molecule has 1 aliphatic rings. The zero-order valence-corrected chi connectivity index (χ0v) is 11.9. The molecule has 0 radical (unpaired) electrons. The van der Waals surface area contributed by atoms with Crippen LogP contribution in [-0.4, -0.2) is 36.0 Å². The van der Waals surface area contributed by atoms with Gasteiger partial charge in [0.1, 0.15) is 0 Å². The molecule has 0 aliphatic heterocycles. The van der Waals surface area contributed by atoms with Crippen LogP contribution < -0.4 is 0 Å². The largest absolute Gasteiger partial charge is 0.401 e. The Bertz CT molecular complexity index is 515. The minimum absolute atomic E-state index is 0.158. The SMILES string of the molecule is O=C(CN(CC(F)(F)F)C1CC1)c1ccc(Cl)cc1Cl. The highest BCUT2D eigenvalue weighted by atomic mass is 35.5. The molecule has 0 unspecified atom stereocenters. The molecule has 1 aromatic carbocycles. The average molecular weight is 326 g/mol. The fourth-order valence-corrected chi connectivity index (χ4v) is 2.48.